The number of rotatable bonds is 2. The summed E-state index contributed by atoms with van der Waals surface area (Å²) in [5, 5.41) is 6.21. The molecule has 3 heteroatoms. The van der Waals surface area contributed by atoms with Gasteiger partial charge in [0.25, 0.3) is 0 Å². The zero-order valence-corrected chi connectivity index (χ0v) is 18.5. The first-order valence-electron chi connectivity index (χ1n) is 11.0. The zero-order valence-electron chi connectivity index (χ0n) is 17.7. The molecule has 0 bridgehead atoms. The predicted octanol–water partition coefficient (Wildman–Crippen LogP) is 8.48. The molecule has 0 unspecified atom stereocenters. The average molecular weight is 439 g/mol. The molecule has 0 spiro atoms. The Hall–Kier alpha value is -4.08. The Kier molecular flexibility index (Phi) is 4.05. The zero-order chi connectivity index (χ0) is 21.8. The normalized spacial score (nSPS) is 11.6. The van der Waals surface area contributed by atoms with E-state index in [0.29, 0.717) is 0 Å². The Balaban J connectivity index is 1.46. The van der Waals surface area contributed by atoms with Crippen molar-refractivity contribution in [2.24, 2.45) is 0 Å². The van der Waals surface area contributed by atoms with Crippen LogP contribution in [0.1, 0.15) is 0 Å². The van der Waals surface area contributed by atoms with E-state index in [0.717, 1.165) is 33.5 Å². The van der Waals surface area contributed by atoms with E-state index in [-0.39, 0.29) is 0 Å². The number of hydrogen-bond donors (Lipinski definition) is 0. The van der Waals surface area contributed by atoms with E-state index < -0.39 is 0 Å². The maximum atomic E-state index is 5.04. The van der Waals surface area contributed by atoms with E-state index in [9.17, 15) is 0 Å². The van der Waals surface area contributed by atoms with Crippen LogP contribution in [0.4, 0.5) is 0 Å². The molecule has 0 aliphatic carbocycles. The quantitative estimate of drug-likeness (QED) is 0.270. The van der Waals surface area contributed by atoms with Gasteiger partial charge in [0, 0.05) is 36.7 Å². The van der Waals surface area contributed by atoms with Crippen molar-refractivity contribution in [2.45, 2.75) is 0 Å². The predicted molar refractivity (Wildman–Crippen MR) is 141 cm³/mol. The summed E-state index contributed by atoms with van der Waals surface area (Å²) in [5.74, 6) is 0.755. The molecule has 0 aliphatic rings. The fraction of sp³-hybridized carbons (Fsp3) is 0. The number of hydrogen-bond acceptors (Lipinski definition) is 3. The van der Waals surface area contributed by atoms with Gasteiger partial charge in [0.1, 0.15) is 0 Å². The smallest absolute Gasteiger partial charge is 0.160 e. The number of aromatic nitrogens is 2. The number of para-hydroxylation sites is 1. The van der Waals surface area contributed by atoms with E-state index in [1.165, 1.54) is 30.9 Å². The lowest BCUT2D eigenvalue weighted by molar-refractivity contribution is 1.23. The second-order valence-corrected chi connectivity index (χ2v) is 9.31. The second-order valence-electron chi connectivity index (χ2n) is 8.26. The topological polar surface area (TPSA) is 25.8 Å². The van der Waals surface area contributed by atoms with Gasteiger partial charge in [-0.2, -0.15) is 0 Å². The van der Waals surface area contributed by atoms with Gasteiger partial charge in [0.2, 0.25) is 0 Å². The van der Waals surface area contributed by atoms with Gasteiger partial charge in [-0.1, -0.05) is 91.0 Å². The van der Waals surface area contributed by atoms with Crippen molar-refractivity contribution in [3.8, 4) is 22.6 Å². The van der Waals surface area contributed by atoms with Crippen LogP contribution in [0.25, 0.3) is 64.5 Å². The molecule has 33 heavy (non-hydrogen) atoms. The molecule has 0 N–H and O–H groups in total. The molecule has 7 aromatic rings. The largest absolute Gasteiger partial charge is 0.228 e. The first-order chi connectivity index (χ1) is 16.3. The van der Waals surface area contributed by atoms with Crippen molar-refractivity contribution >= 4 is 53.2 Å². The molecule has 0 amide bonds. The Morgan fingerprint density at radius 1 is 0.515 bits per heavy atom. The fourth-order valence-corrected chi connectivity index (χ4v) is 5.91. The van der Waals surface area contributed by atoms with Gasteiger partial charge in [0.05, 0.1) is 11.2 Å². The molecule has 0 atom stereocenters. The fourth-order valence-electron chi connectivity index (χ4n) is 4.67. The third-order valence-corrected chi connectivity index (χ3v) is 7.49. The highest BCUT2D eigenvalue weighted by Crippen LogP contribution is 2.39. The van der Waals surface area contributed by atoms with E-state index >= 15 is 0 Å². The minimum atomic E-state index is 0.755. The van der Waals surface area contributed by atoms with Crippen LogP contribution in [-0.2, 0) is 0 Å². The summed E-state index contributed by atoms with van der Waals surface area (Å²) in [6.07, 6.45) is 0. The van der Waals surface area contributed by atoms with Gasteiger partial charge >= 0.3 is 0 Å². The van der Waals surface area contributed by atoms with Gasteiger partial charge in [-0.15, -0.1) is 11.3 Å². The Morgan fingerprint density at radius 3 is 2.18 bits per heavy atom. The molecule has 2 aromatic heterocycles. The van der Waals surface area contributed by atoms with Crippen LogP contribution in [0.5, 0.6) is 0 Å². The van der Waals surface area contributed by atoms with Crippen LogP contribution in [0, 0.1) is 0 Å². The van der Waals surface area contributed by atoms with Gasteiger partial charge in [0.15, 0.2) is 5.82 Å². The molecule has 154 valence electrons. The SMILES string of the molecule is c1ccc(-c2nc(-c3ccc4c(ccc5c6ccccc6sc45)c3)nc3ccccc23)cc1. The highest BCUT2D eigenvalue weighted by Gasteiger charge is 2.13. The molecule has 2 heterocycles. The van der Waals surface area contributed by atoms with Gasteiger partial charge in [-0.05, 0) is 29.0 Å². The number of nitrogens with zero attached hydrogens (tertiary/aromatic N) is 2. The Bertz CT molecular complexity index is 1820. The van der Waals surface area contributed by atoms with Crippen molar-refractivity contribution in [1.29, 1.82) is 0 Å². The number of fused-ring (bicyclic) bond motifs is 6. The first kappa shape index (κ1) is 18.5. The molecule has 0 radical (unpaired) electrons. The summed E-state index contributed by atoms with van der Waals surface area (Å²) in [5.41, 5.74) is 4.06. The minimum absolute atomic E-state index is 0.755. The van der Waals surface area contributed by atoms with Crippen LogP contribution < -0.4 is 0 Å². The number of thiophene rings is 1. The highest BCUT2D eigenvalue weighted by molar-refractivity contribution is 7.26. The summed E-state index contributed by atoms with van der Waals surface area (Å²) in [6.45, 7) is 0. The maximum absolute atomic E-state index is 5.04. The molecular weight excluding hydrogens is 420 g/mol. The molecule has 0 saturated carbocycles. The lowest BCUT2D eigenvalue weighted by Crippen LogP contribution is -1.95. The number of benzene rings is 5. The van der Waals surface area contributed by atoms with E-state index in [1.807, 2.05) is 29.5 Å². The molecule has 7 rings (SSSR count). The maximum Gasteiger partial charge on any atom is 0.160 e. The van der Waals surface area contributed by atoms with Crippen LogP contribution in [0.3, 0.4) is 0 Å². The van der Waals surface area contributed by atoms with Crippen LogP contribution in [0.2, 0.25) is 0 Å². The van der Waals surface area contributed by atoms with Gasteiger partial charge in [-0.25, -0.2) is 9.97 Å². The van der Waals surface area contributed by atoms with Gasteiger partial charge < -0.3 is 0 Å². The van der Waals surface area contributed by atoms with Crippen LogP contribution in [0.15, 0.2) is 109 Å². The highest BCUT2D eigenvalue weighted by atomic mass is 32.1. The third kappa shape index (κ3) is 2.94. The monoisotopic (exact) mass is 438 g/mol. The molecule has 0 fully saturated rings. The average Bonchev–Trinajstić information content (AvgIpc) is 3.27. The summed E-state index contributed by atoms with van der Waals surface area (Å²) < 4.78 is 2.67. The van der Waals surface area contributed by atoms with Gasteiger partial charge in [-0.3, -0.25) is 0 Å². The van der Waals surface area contributed by atoms with Crippen LogP contribution >= 0.6 is 11.3 Å². The van der Waals surface area contributed by atoms with Crippen molar-refractivity contribution in [3.05, 3.63) is 109 Å². The summed E-state index contributed by atoms with van der Waals surface area (Å²) >= 11 is 1.86. The van der Waals surface area contributed by atoms with Crippen molar-refractivity contribution in [3.63, 3.8) is 0 Å². The molecule has 0 aliphatic heterocycles. The third-order valence-electron chi connectivity index (χ3n) is 6.27. The molecule has 5 aromatic carbocycles. The Labute approximate surface area is 194 Å². The lowest BCUT2D eigenvalue weighted by Gasteiger charge is -2.10. The summed E-state index contributed by atoms with van der Waals surface area (Å²) in [6, 6.07) is 38.3. The second kappa shape index (κ2) is 7.22. The molecular formula is C30H18N2S. The summed E-state index contributed by atoms with van der Waals surface area (Å²) in [7, 11) is 0. The van der Waals surface area contributed by atoms with E-state index in [1.54, 1.807) is 0 Å². The van der Waals surface area contributed by atoms with Crippen molar-refractivity contribution in [1.82, 2.24) is 9.97 Å². The molecule has 2 nitrogen and oxygen atoms in total. The summed E-state index contributed by atoms with van der Waals surface area (Å²) in [4.78, 5) is 9.96. The van der Waals surface area contributed by atoms with E-state index in [4.69, 9.17) is 9.97 Å². The van der Waals surface area contributed by atoms with Crippen LogP contribution in [-0.4, -0.2) is 9.97 Å². The van der Waals surface area contributed by atoms with E-state index in [2.05, 4.69) is 91.0 Å². The van der Waals surface area contributed by atoms with Crippen molar-refractivity contribution < 1.29 is 0 Å². The molecule has 0 saturated heterocycles. The van der Waals surface area contributed by atoms with Crippen molar-refractivity contribution in [2.75, 3.05) is 0 Å². The lowest BCUT2D eigenvalue weighted by atomic mass is 10.0. The standard InChI is InChI=1S/C30H18N2S/c1-2-8-19(9-3-1)28-25-11-4-6-12-26(25)31-30(32-28)21-15-16-22-20(18-21)14-17-24-23-10-5-7-13-27(23)33-29(22)24/h1-18H. The minimum Gasteiger partial charge on any atom is -0.228 e. The first-order valence-corrected chi connectivity index (χ1v) is 11.8. The Morgan fingerprint density at radius 2 is 1.27 bits per heavy atom.